The molecular formula is C16H9BrFNO. The fourth-order valence-corrected chi connectivity index (χ4v) is 2.63. The third-order valence-electron chi connectivity index (χ3n) is 3.05. The van der Waals surface area contributed by atoms with Crippen LogP contribution < -0.4 is 0 Å². The van der Waals surface area contributed by atoms with Gasteiger partial charge in [-0.1, -0.05) is 34.1 Å². The molecule has 0 saturated carbocycles. The molecule has 0 spiro atoms. The molecule has 2 nitrogen and oxygen atoms in total. The summed E-state index contributed by atoms with van der Waals surface area (Å²) >= 11 is 3.20. The number of benzene rings is 2. The van der Waals surface area contributed by atoms with Crippen LogP contribution in [0.5, 0.6) is 0 Å². The monoisotopic (exact) mass is 329 g/mol. The van der Waals surface area contributed by atoms with Crippen LogP contribution in [0.1, 0.15) is 15.9 Å². The summed E-state index contributed by atoms with van der Waals surface area (Å²) in [5.74, 6) is -0.647. The van der Waals surface area contributed by atoms with E-state index in [1.54, 1.807) is 36.7 Å². The third kappa shape index (κ3) is 2.34. The van der Waals surface area contributed by atoms with Crippen LogP contribution in [-0.2, 0) is 0 Å². The number of aromatic nitrogens is 1. The number of carbonyl (C=O) groups excluding carboxylic acids is 1. The Balaban J connectivity index is 2.17. The van der Waals surface area contributed by atoms with Gasteiger partial charge in [-0.15, -0.1) is 0 Å². The highest BCUT2D eigenvalue weighted by Crippen LogP contribution is 2.23. The average Bonchev–Trinajstić information content (AvgIpc) is 2.45. The van der Waals surface area contributed by atoms with Crippen LogP contribution in [-0.4, -0.2) is 10.8 Å². The van der Waals surface area contributed by atoms with Crippen molar-refractivity contribution >= 4 is 32.5 Å². The van der Waals surface area contributed by atoms with Gasteiger partial charge in [0.1, 0.15) is 5.82 Å². The first-order chi connectivity index (χ1) is 9.65. The molecule has 98 valence electrons. The van der Waals surface area contributed by atoms with Gasteiger partial charge in [0.2, 0.25) is 0 Å². The number of hydrogen-bond acceptors (Lipinski definition) is 2. The predicted octanol–water partition coefficient (Wildman–Crippen LogP) is 4.37. The fourth-order valence-electron chi connectivity index (χ4n) is 2.16. The van der Waals surface area contributed by atoms with E-state index in [4.69, 9.17) is 0 Å². The topological polar surface area (TPSA) is 30.0 Å². The number of fused-ring (bicyclic) bond motifs is 1. The molecule has 0 amide bonds. The normalized spacial score (nSPS) is 10.7. The average molecular weight is 330 g/mol. The van der Waals surface area contributed by atoms with Crippen molar-refractivity contribution in [3.63, 3.8) is 0 Å². The molecule has 0 aliphatic heterocycles. The SMILES string of the molecule is O=C(c1cc(F)cc(Br)c1)c1cccc2cnccc12. The van der Waals surface area contributed by atoms with E-state index in [1.807, 2.05) is 6.07 Å². The van der Waals surface area contributed by atoms with Crippen molar-refractivity contribution in [1.29, 1.82) is 0 Å². The number of halogens is 2. The van der Waals surface area contributed by atoms with Crippen molar-refractivity contribution in [2.75, 3.05) is 0 Å². The van der Waals surface area contributed by atoms with Crippen LogP contribution in [0.3, 0.4) is 0 Å². The first kappa shape index (κ1) is 12.9. The van der Waals surface area contributed by atoms with Crippen molar-refractivity contribution < 1.29 is 9.18 Å². The second kappa shape index (κ2) is 5.13. The summed E-state index contributed by atoms with van der Waals surface area (Å²) in [5, 5.41) is 1.70. The van der Waals surface area contributed by atoms with Gasteiger partial charge in [-0.25, -0.2) is 4.39 Å². The Bertz CT molecular complexity index is 791. The minimum absolute atomic E-state index is 0.206. The number of pyridine rings is 1. The molecule has 1 heterocycles. The first-order valence-electron chi connectivity index (χ1n) is 5.99. The molecule has 1 aromatic heterocycles. The van der Waals surface area contributed by atoms with Gasteiger partial charge in [0.05, 0.1) is 0 Å². The van der Waals surface area contributed by atoms with E-state index in [2.05, 4.69) is 20.9 Å². The molecule has 0 unspecified atom stereocenters. The minimum atomic E-state index is -0.440. The zero-order chi connectivity index (χ0) is 14.1. The molecule has 0 saturated heterocycles. The molecule has 0 fully saturated rings. The maximum atomic E-state index is 13.4. The Morgan fingerprint density at radius 2 is 2.00 bits per heavy atom. The molecule has 20 heavy (non-hydrogen) atoms. The highest BCUT2D eigenvalue weighted by atomic mass is 79.9. The maximum absolute atomic E-state index is 13.4. The molecule has 0 aliphatic carbocycles. The molecule has 3 rings (SSSR count). The third-order valence-corrected chi connectivity index (χ3v) is 3.51. The van der Waals surface area contributed by atoms with E-state index in [1.165, 1.54) is 12.1 Å². The van der Waals surface area contributed by atoms with E-state index in [-0.39, 0.29) is 5.78 Å². The summed E-state index contributed by atoms with van der Waals surface area (Å²) in [6.45, 7) is 0. The van der Waals surface area contributed by atoms with Crippen LogP contribution in [0.15, 0.2) is 59.3 Å². The summed E-state index contributed by atoms with van der Waals surface area (Å²) in [7, 11) is 0. The summed E-state index contributed by atoms with van der Waals surface area (Å²) < 4.78 is 14.0. The van der Waals surface area contributed by atoms with Gasteiger partial charge in [-0.05, 0) is 29.7 Å². The molecule has 0 atom stereocenters. The van der Waals surface area contributed by atoms with Crippen molar-refractivity contribution in [3.8, 4) is 0 Å². The second-order valence-corrected chi connectivity index (χ2v) is 5.31. The molecule has 0 N–H and O–H groups in total. The van der Waals surface area contributed by atoms with Crippen LogP contribution in [0, 0.1) is 5.82 Å². The molecule has 0 aliphatic rings. The van der Waals surface area contributed by atoms with Crippen LogP contribution >= 0.6 is 15.9 Å². The van der Waals surface area contributed by atoms with E-state index in [0.29, 0.717) is 15.6 Å². The van der Waals surface area contributed by atoms with E-state index < -0.39 is 5.82 Å². The molecule has 0 radical (unpaired) electrons. The maximum Gasteiger partial charge on any atom is 0.193 e. The lowest BCUT2D eigenvalue weighted by Crippen LogP contribution is -2.03. The number of rotatable bonds is 2. The van der Waals surface area contributed by atoms with E-state index in [9.17, 15) is 9.18 Å². The lowest BCUT2D eigenvalue weighted by Gasteiger charge is -2.06. The smallest absolute Gasteiger partial charge is 0.193 e. The van der Waals surface area contributed by atoms with Crippen molar-refractivity contribution in [2.24, 2.45) is 0 Å². The summed E-state index contributed by atoms with van der Waals surface area (Å²) in [5.41, 5.74) is 0.864. The zero-order valence-electron chi connectivity index (χ0n) is 10.3. The Morgan fingerprint density at radius 1 is 1.15 bits per heavy atom. The summed E-state index contributed by atoms with van der Waals surface area (Å²) in [4.78, 5) is 16.6. The summed E-state index contributed by atoms with van der Waals surface area (Å²) in [6, 6.07) is 11.4. The number of hydrogen-bond donors (Lipinski definition) is 0. The number of carbonyl (C=O) groups is 1. The number of nitrogens with zero attached hydrogens (tertiary/aromatic N) is 1. The van der Waals surface area contributed by atoms with Crippen LogP contribution in [0.25, 0.3) is 10.8 Å². The van der Waals surface area contributed by atoms with E-state index >= 15 is 0 Å². The molecule has 0 bridgehead atoms. The largest absolute Gasteiger partial charge is 0.289 e. The zero-order valence-corrected chi connectivity index (χ0v) is 11.9. The van der Waals surface area contributed by atoms with Crippen LogP contribution in [0.4, 0.5) is 4.39 Å². The second-order valence-electron chi connectivity index (χ2n) is 4.39. The standard InChI is InChI=1S/C16H9BrFNO/c17-12-6-11(7-13(18)8-12)16(20)15-3-1-2-10-9-19-5-4-14(10)15/h1-9H. The Hall–Kier alpha value is -2.07. The highest BCUT2D eigenvalue weighted by Gasteiger charge is 2.13. The molecule has 3 aromatic rings. The molecule has 4 heteroatoms. The van der Waals surface area contributed by atoms with Crippen molar-refractivity contribution in [3.05, 3.63) is 76.3 Å². The van der Waals surface area contributed by atoms with E-state index in [0.717, 1.165) is 10.8 Å². The fraction of sp³-hybridized carbons (Fsp3) is 0. The Morgan fingerprint density at radius 3 is 2.80 bits per heavy atom. The highest BCUT2D eigenvalue weighted by molar-refractivity contribution is 9.10. The van der Waals surface area contributed by atoms with Crippen molar-refractivity contribution in [1.82, 2.24) is 4.98 Å². The minimum Gasteiger partial charge on any atom is -0.289 e. The van der Waals surface area contributed by atoms with Gasteiger partial charge in [-0.2, -0.15) is 0 Å². The van der Waals surface area contributed by atoms with Gasteiger partial charge in [0.25, 0.3) is 0 Å². The summed E-state index contributed by atoms with van der Waals surface area (Å²) in [6.07, 6.45) is 3.34. The van der Waals surface area contributed by atoms with Gasteiger partial charge < -0.3 is 0 Å². The van der Waals surface area contributed by atoms with Crippen LogP contribution in [0.2, 0.25) is 0 Å². The predicted molar refractivity (Wildman–Crippen MR) is 79.3 cm³/mol. The lowest BCUT2D eigenvalue weighted by molar-refractivity contribution is 0.104. The van der Waals surface area contributed by atoms with Gasteiger partial charge in [0.15, 0.2) is 5.78 Å². The Kier molecular flexibility index (Phi) is 3.32. The Labute approximate surface area is 123 Å². The van der Waals surface area contributed by atoms with Gasteiger partial charge in [-0.3, -0.25) is 9.78 Å². The van der Waals surface area contributed by atoms with Crippen molar-refractivity contribution in [2.45, 2.75) is 0 Å². The van der Waals surface area contributed by atoms with Gasteiger partial charge in [0, 0.05) is 33.4 Å². The quantitative estimate of drug-likeness (QED) is 0.653. The number of ketones is 1. The first-order valence-corrected chi connectivity index (χ1v) is 6.78. The molecule has 2 aromatic carbocycles. The van der Waals surface area contributed by atoms with Gasteiger partial charge >= 0.3 is 0 Å². The lowest BCUT2D eigenvalue weighted by atomic mass is 9.98. The molecular weight excluding hydrogens is 321 g/mol.